The van der Waals surface area contributed by atoms with Crippen molar-refractivity contribution in [3.8, 4) is 6.07 Å². The van der Waals surface area contributed by atoms with Crippen molar-refractivity contribution < 1.29 is 0 Å². The zero-order valence-electron chi connectivity index (χ0n) is 8.78. The lowest BCUT2D eigenvalue weighted by Crippen LogP contribution is -1.68. The molecule has 68 valence electrons. The topological polar surface area (TPSA) is 23.8 Å². The molecule has 1 nitrogen and oxygen atoms in total. The van der Waals surface area contributed by atoms with Gasteiger partial charge in [0.2, 0.25) is 0 Å². The Morgan fingerprint density at radius 3 is 1.73 bits per heavy atom. The molecule has 0 bridgehead atoms. The predicted molar refractivity (Wildman–Crippen MR) is 52.5 cm³/mol. The van der Waals surface area contributed by atoms with Crippen LogP contribution in [0.15, 0.2) is 0 Å². The van der Waals surface area contributed by atoms with Crippen molar-refractivity contribution in [2.75, 3.05) is 0 Å². The second-order valence-electron chi connectivity index (χ2n) is 1.62. The van der Waals surface area contributed by atoms with Crippen molar-refractivity contribution in [3.05, 3.63) is 0 Å². The van der Waals surface area contributed by atoms with Gasteiger partial charge in [0.1, 0.15) is 0 Å². The van der Waals surface area contributed by atoms with E-state index in [2.05, 4.69) is 13.0 Å². The van der Waals surface area contributed by atoms with E-state index in [1.54, 1.807) is 0 Å². The van der Waals surface area contributed by atoms with Crippen molar-refractivity contribution >= 4 is 0 Å². The van der Waals surface area contributed by atoms with Crippen LogP contribution in [0, 0.1) is 11.3 Å². The molecule has 0 saturated heterocycles. The molecular weight excluding hydrogens is 134 g/mol. The van der Waals surface area contributed by atoms with E-state index >= 15 is 0 Å². The Morgan fingerprint density at radius 1 is 1.00 bits per heavy atom. The van der Waals surface area contributed by atoms with E-state index in [0.717, 1.165) is 12.8 Å². The molecule has 0 saturated carbocycles. The lowest BCUT2D eigenvalue weighted by atomic mass is 10.2. The van der Waals surface area contributed by atoms with E-state index in [-0.39, 0.29) is 0 Å². The van der Waals surface area contributed by atoms with Crippen molar-refractivity contribution in [1.29, 1.82) is 5.26 Å². The van der Waals surface area contributed by atoms with Gasteiger partial charge >= 0.3 is 0 Å². The molecule has 0 aliphatic rings. The van der Waals surface area contributed by atoms with Crippen LogP contribution >= 0.6 is 0 Å². The van der Waals surface area contributed by atoms with Crippen LogP contribution in [0.1, 0.15) is 60.3 Å². The van der Waals surface area contributed by atoms with E-state index in [1.807, 2.05) is 27.7 Å². The van der Waals surface area contributed by atoms with Crippen molar-refractivity contribution in [2.45, 2.75) is 60.3 Å². The highest BCUT2D eigenvalue weighted by molar-refractivity contribution is 4.67. The summed E-state index contributed by atoms with van der Waals surface area (Å²) < 4.78 is 0. The largest absolute Gasteiger partial charge is 0.198 e. The lowest BCUT2D eigenvalue weighted by molar-refractivity contribution is 0.734. The number of nitriles is 1. The average molecular weight is 157 g/mol. The molecule has 0 spiro atoms. The Morgan fingerprint density at radius 2 is 1.45 bits per heavy atom. The first-order valence-electron chi connectivity index (χ1n) is 4.78. The van der Waals surface area contributed by atoms with Gasteiger partial charge in [0.25, 0.3) is 0 Å². The summed E-state index contributed by atoms with van der Waals surface area (Å²) in [5.41, 5.74) is 0. The molecule has 0 aliphatic carbocycles. The standard InChI is InChI=1S/C6H11N.2C2H6/c1-2-3-4-5-6-7;2*1-2/h2-5H2,1H3;2*1-2H3. The van der Waals surface area contributed by atoms with Gasteiger partial charge < -0.3 is 0 Å². The predicted octanol–water partition coefficient (Wildman–Crippen LogP) is 4.14. The van der Waals surface area contributed by atoms with E-state index in [0.29, 0.717) is 0 Å². The number of nitrogens with zero attached hydrogens (tertiary/aromatic N) is 1. The average Bonchev–Trinajstić information content (AvgIpc) is 2.13. The summed E-state index contributed by atoms with van der Waals surface area (Å²) in [7, 11) is 0. The third kappa shape index (κ3) is 43.7. The molecular formula is C10H23N. The second kappa shape index (κ2) is 33.9. The Hall–Kier alpha value is -0.510. The fourth-order valence-electron chi connectivity index (χ4n) is 0.454. The maximum Gasteiger partial charge on any atom is 0.0621 e. The van der Waals surface area contributed by atoms with E-state index in [9.17, 15) is 0 Å². The molecule has 0 radical (unpaired) electrons. The van der Waals surface area contributed by atoms with Crippen molar-refractivity contribution in [2.24, 2.45) is 0 Å². The number of hydrogen-bond acceptors (Lipinski definition) is 1. The fraction of sp³-hybridized carbons (Fsp3) is 0.900. The van der Waals surface area contributed by atoms with E-state index < -0.39 is 0 Å². The Kier molecular flexibility index (Phi) is 51.9. The van der Waals surface area contributed by atoms with Gasteiger partial charge in [-0.1, -0.05) is 47.5 Å². The van der Waals surface area contributed by atoms with Crippen LogP contribution in [0.2, 0.25) is 0 Å². The zero-order chi connectivity index (χ0) is 9.54. The quantitative estimate of drug-likeness (QED) is 0.565. The van der Waals surface area contributed by atoms with Gasteiger partial charge in [0.15, 0.2) is 0 Å². The van der Waals surface area contributed by atoms with Gasteiger partial charge in [-0.2, -0.15) is 5.26 Å². The first kappa shape index (κ1) is 16.8. The summed E-state index contributed by atoms with van der Waals surface area (Å²) >= 11 is 0. The van der Waals surface area contributed by atoms with Gasteiger partial charge in [0.05, 0.1) is 6.07 Å². The minimum Gasteiger partial charge on any atom is -0.198 e. The Balaban J connectivity index is -0.000000138. The molecule has 0 atom stereocenters. The SMILES string of the molecule is CC.CC.CCCCCC#N. The summed E-state index contributed by atoms with van der Waals surface area (Å²) in [6.45, 7) is 10.1. The van der Waals surface area contributed by atoms with Crippen LogP contribution < -0.4 is 0 Å². The zero-order valence-corrected chi connectivity index (χ0v) is 8.78. The van der Waals surface area contributed by atoms with E-state index in [4.69, 9.17) is 5.26 Å². The maximum absolute atomic E-state index is 8.04. The molecule has 0 rings (SSSR count). The van der Waals surface area contributed by atoms with E-state index in [1.165, 1.54) is 12.8 Å². The van der Waals surface area contributed by atoms with Gasteiger partial charge in [0, 0.05) is 6.42 Å². The summed E-state index contributed by atoms with van der Waals surface area (Å²) in [4.78, 5) is 0. The monoisotopic (exact) mass is 157 g/mol. The molecule has 0 N–H and O–H groups in total. The van der Waals surface area contributed by atoms with Crippen LogP contribution in [-0.4, -0.2) is 0 Å². The minimum atomic E-state index is 0.730. The van der Waals surface area contributed by atoms with Crippen molar-refractivity contribution in [3.63, 3.8) is 0 Å². The molecule has 0 fully saturated rings. The molecule has 0 heterocycles. The Bertz CT molecular complexity index is 61.8. The molecule has 0 aromatic carbocycles. The normalized spacial score (nSPS) is 6.18. The Labute approximate surface area is 72.4 Å². The summed E-state index contributed by atoms with van der Waals surface area (Å²) in [5, 5.41) is 8.04. The third-order valence-corrected chi connectivity index (χ3v) is 0.892. The molecule has 1 heteroatoms. The van der Waals surface area contributed by atoms with Crippen LogP contribution in [0.5, 0.6) is 0 Å². The first-order valence-corrected chi connectivity index (χ1v) is 4.78. The molecule has 0 amide bonds. The third-order valence-electron chi connectivity index (χ3n) is 0.892. The van der Waals surface area contributed by atoms with Gasteiger partial charge in [-0.25, -0.2) is 0 Å². The molecule has 0 unspecified atom stereocenters. The smallest absolute Gasteiger partial charge is 0.0621 e. The number of rotatable bonds is 3. The lowest BCUT2D eigenvalue weighted by Gasteiger charge is -1.84. The van der Waals surface area contributed by atoms with Gasteiger partial charge in [-0.05, 0) is 6.42 Å². The van der Waals surface area contributed by atoms with Crippen LogP contribution in [0.3, 0.4) is 0 Å². The van der Waals surface area contributed by atoms with Crippen LogP contribution in [-0.2, 0) is 0 Å². The highest BCUT2D eigenvalue weighted by atomic mass is 14.2. The fourth-order valence-corrected chi connectivity index (χ4v) is 0.454. The molecule has 0 aliphatic heterocycles. The molecule has 11 heavy (non-hydrogen) atoms. The molecule has 0 aromatic heterocycles. The van der Waals surface area contributed by atoms with Gasteiger partial charge in [-0.3, -0.25) is 0 Å². The number of unbranched alkanes of at least 4 members (excludes halogenated alkanes) is 3. The van der Waals surface area contributed by atoms with Crippen LogP contribution in [0.25, 0.3) is 0 Å². The highest BCUT2D eigenvalue weighted by Crippen LogP contribution is 1.95. The second-order valence-corrected chi connectivity index (χ2v) is 1.62. The number of hydrogen-bond donors (Lipinski definition) is 0. The first-order chi connectivity index (χ1) is 5.41. The minimum absolute atomic E-state index is 0.730. The van der Waals surface area contributed by atoms with Crippen LogP contribution in [0.4, 0.5) is 0 Å². The van der Waals surface area contributed by atoms with Crippen molar-refractivity contribution in [1.82, 2.24) is 0 Å². The summed E-state index contributed by atoms with van der Waals surface area (Å²) in [6.07, 6.45) is 4.22. The highest BCUT2D eigenvalue weighted by Gasteiger charge is 1.79. The maximum atomic E-state index is 8.04. The summed E-state index contributed by atoms with van der Waals surface area (Å²) in [5.74, 6) is 0. The summed E-state index contributed by atoms with van der Waals surface area (Å²) in [6, 6.07) is 2.10. The van der Waals surface area contributed by atoms with Gasteiger partial charge in [-0.15, -0.1) is 0 Å². The molecule has 0 aromatic rings.